The van der Waals surface area contributed by atoms with Gasteiger partial charge in [0.05, 0.1) is 41.6 Å². The maximum Gasteiger partial charge on any atom is 0.342 e. The summed E-state index contributed by atoms with van der Waals surface area (Å²) in [4.78, 5) is 11.7. The van der Waals surface area contributed by atoms with E-state index in [1.54, 1.807) is 27.7 Å². The fourth-order valence-corrected chi connectivity index (χ4v) is 2.57. The Hall–Kier alpha value is -1.31. The fourth-order valence-electron chi connectivity index (χ4n) is 1.76. The number of esters is 1. The molecule has 3 atom stereocenters. The van der Waals surface area contributed by atoms with E-state index in [1.165, 1.54) is 0 Å². The van der Waals surface area contributed by atoms with Gasteiger partial charge in [0.2, 0.25) is 6.17 Å². The summed E-state index contributed by atoms with van der Waals surface area (Å²) in [7, 11) is -1.53. The van der Waals surface area contributed by atoms with Crippen LogP contribution in [0.2, 0.25) is 0 Å². The quantitative estimate of drug-likeness (QED) is 0.688. The van der Waals surface area contributed by atoms with E-state index in [4.69, 9.17) is 9.47 Å². The molecular weight excluding hydrogens is 333 g/mol. The predicted molar refractivity (Wildman–Crippen MR) is 92.4 cm³/mol. The SMILES string of the molecule is CCOC(=O)C(F)C(COCc1ccccc1)NS(=O)C(C)(C)C. The zero-order valence-electron chi connectivity index (χ0n) is 14.6. The van der Waals surface area contributed by atoms with Gasteiger partial charge in [0.25, 0.3) is 0 Å². The molecule has 1 rings (SSSR count). The number of alkyl halides is 1. The van der Waals surface area contributed by atoms with Gasteiger partial charge in [0.1, 0.15) is 0 Å². The van der Waals surface area contributed by atoms with Crippen molar-refractivity contribution in [3.63, 3.8) is 0 Å². The van der Waals surface area contributed by atoms with Gasteiger partial charge in [0, 0.05) is 0 Å². The summed E-state index contributed by atoms with van der Waals surface area (Å²) in [6.07, 6.45) is -1.95. The number of rotatable bonds is 9. The third-order valence-corrected chi connectivity index (χ3v) is 4.72. The van der Waals surface area contributed by atoms with Crippen LogP contribution in [0.15, 0.2) is 30.3 Å². The number of carbonyl (C=O) groups is 1. The van der Waals surface area contributed by atoms with E-state index in [1.807, 2.05) is 30.3 Å². The van der Waals surface area contributed by atoms with Crippen LogP contribution >= 0.6 is 0 Å². The van der Waals surface area contributed by atoms with Crippen LogP contribution in [0.4, 0.5) is 4.39 Å². The van der Waals surface area contributed by atoms with Gasteiger partial charge in [-0.1, -0.05) is 30.3 Å². The minimum Gasteiger partial charge on any atom is -0.464 e. The predicted octanol–water partition coefficient (Wildman–Crippen LogP) is 2.52. The normalized spacial score (nSPS) is 15.5. The summed E-state index contributed by atoms with van der Waals surface area (Å²) < 4.78 is 38.9. The maximum absolute atomic E-state index is 14.4. The van der Waals surface area contributed by atoms with Crippen molar-refractivity contribution in [2.45, 2.75) is 51.3 Å². The van der Waals surface area contributed by atoms with Gasteiger partial charge in [-0.05, 0) is 33.3 Å². The van der Waals surface area contributed by atoms with Gasteiger partial charge < -0.3 is 9.47 Å². The Morgan fingerprint density at radius 1 is 1.29 bits per heavy atom. The van der Waals surface area contributed by atoms with Crippen molar-refractivity contribution in [1.29, 1.82) is 0 Å². The zero-order valence-corrected chi connectivity index (χ0v) is 15.4. The minimum absolute atomic E-state index is 0.0825. The molecule has 0 fully saturated rings. The van der Waals surface area contributed by atoms with Crippen LogP contribution in [0.25, 0.3) is 0 Å². The molecule has 24 heavy (non-hydrogen) atoms. The summed E-state index contributed by atoms with van der Waals surface area (Å²) >= 11 is 0. The molecule has 3 unspecified atom stereocenters. The van der Waals surface area contributed by atoms with E-state index in [0.29, 0.717) is 0 Å². The Kier molecular flexibility index (Phi) is 8.52. The number of benzene rings is 1. The zero-order chi connectivity index (χ0) is 18.2. The van der Waals surface area contributed by atoms with Crippen LogP contribution in [0.5, 0.6) is 0 Å². The number of hydrogen-bond donors (Lipinski definition) is 1. The lowest BCUT2D eigenvalue weighted by Gasteiger charge is -2.25. The first-order valence-corrected chi connectivity index (χ1v) is 9.01. The van der Waals surface area contributed by atoms with Crippen LogP contribution < -0.4 is 4.72 Å². The van der Waals surface area contributed by atoms with E-state index < -0.39 is 33.9 Å². The second-order valence-corrected chi connectivity index (χ2v) is 8.26. The number of carbonyl (C=O) groups excluding carboxylic acids is 1. The average Bonchev–Trinajstić information content (AvgIpc) is 2.53. The molecule has 5 nitrogen and oxygen atoms in total. The molecule has 1 N–H and O–H groups in total. The van der Waals surface area contributed by atoms with Gasteiger partial charge in [-0.15, -0.1) is 0 Å². The molecule has 1 aromatic rings. The molecule has 0 amide bonds. The molecule has 0 saturated carbocycles. The molecule has 0 aliphatic rings. The molecule has 1 aromatic carbocycles. The molecule has 0 aromatic heterocycles. The molecular formula is C17H26FNO4S. The highest BCUT2D eigenvalue weighted by atomic mass is 32.2. The Morgan fingerprint density at radius 2 is 1.92 bits per heavy atom. The first-order valence-electron chi connectivity index (χ1n) is 7.86. The standard InChI is InChI=1S/C17H26FNO4S/c1-5-23-16(20)15(18)14(19-24(21)17(2,3)4)12-22-11-13-9-7-6-8-10-13/h6-10,14-15,19H,5,11-12H2,1-4H3. The molecule has 0 radical (unpaired) electrons. The summed E-state index contributed by atoms with van der Waals surface area (Å²) in [5.41, 5.74) is 0.930. The van der Waals surface area contributed by atoms with Crippen molar-refractivity contribution < 1.29 is 22.9 Å². The number of hydrogen-bond acceptors (Lipinski definition) is 4. The van der Waals surface area contributed by atoms with Crippen LogP contribution in [0.1, 0.15) is 33.3 Å². The lowest BCUT2D eigenvalue weighted by molar-refractivity contribution is -0.150. The highest BCUT2D eigenvalue weighted by Crippen LogP contribution is 2.13. The molecule has 0 bridgehead atoms. The molecule has 0 spiro atoms. The minimum atomic E-state index is -1.95. The summed E-state index contributed by atoms with van der Waals surface area (Å²) in [5, 5.41) is 0. The largest absolute Gasteiger partial charge is 0.464 e. The van der Waals surface area contributed by atoms with E-state index in [0.717, 1.165) is 5.56 Å². The lowest BCUT2D eigenvalue weighted by atomic mass is 10.2. The van der Waals surface area contributed by atoms with Crippen molar-refractivity contribution >= 4 is 17.0 Å². The molecule has 7 heteroatoms. The van der Waals surface area contributed by atoms with Gasteiger partial charge in [0.15, 0.2) is 0 Å². The van der Waals surface area contributed by atoms with Crippen LogP contribution in [0, 0.1) is 0 Å². The van der Waals surface area contributed by atoms with Gasteiger partial charge in [-0.25, -0.2) is 18.1 Å². The van der Waals surface area contributed by atoms with E-state index in [9.17, 15) is 13.4 Å². The first-order chi connectivity index (χ1) is 11.3. The Morgan fingerprint density at radius 3 is 2.46 bits per heavy atom. The third-order valence-electron chi connectivity index (χ3n) is 3.09. The molecule has 136 valence electrons. The summed E-state index contributed by atoms with van der Waals surface area (Å²) in [6, 6.07) is 8.35. The second kappa shape index (κ2) is 9.86. The topological polar surface area (TPSA) is 64.6 Å². The molecule has 0 saturated heterocycles. The van der Waals surface area contributed by atoms with Gasteiger partial charge in [-0.2, -0.15) is 0 Å². The van der Waals surface area contributed by atoms with E-state index >= 15 is 0 Å². The van der Waals surface area contributed by atoms with Crippen molar-refractivity contribution in [3.8, 4) is 0 Å². The number of nitrogens with one attached hydrogen (secondary N) is 1. The van der Waals surface area contributed by atoms with E-state index in [2.05, 4.69) is 4.72 Å². The highest BCUT2D eigenvalue weighted by molar-refractivity contribution is 7.84. The molecule has 0 aliphatic heterocycles. The Labute approximate surface area is 145 Å². The van der Waals surface area contributed by atoms with Crippen molar-refractivity contribution in [3.05, 3.63) is 35.9 Å². The fraction of sp³-hybridized carbons (Fsp3) is 0.588. The van der Waals surface area contributed by atoms with Crippen molar-refractivity contribution in [2.75, 3.05) is 13.2 Å². The van der Waals surface area contributed by atoms with Crippen LogP contribution in [-0.4, -0.2) is 40.4 Å². The van der Waals surface area contributed by atoms with Crippen molar-refractivity contribution in [1.82, 2.24) is 4.72 Å². The lowest BCUT2D eigenvalue weighted by Crippen LogP contribution is -2.49. The van der Waals surface area contributed by atoms with Crippen molar-refractivity contribution in [2.24, 2.45) is 0 Å². The average molecular weight is 359 g/mol. The number of ether oxygens (including phenoxy) is 2. The smallest absolute Gasteiger partial charge is 0.342 e. The molecule has 0 heterocycles. The van der Waals surface area contributed by atoms with Crippen LogP contribution in [0.3, 0.4) is 0 Å². The van der Waals surface area contributed by atoms with Crippen LogP contribution in [-0.2, 0) is 31.9 Å². The highest BCUT2D eigenvalue weighted by Gasteiger charge is 2.33. The Balaban J connectivity index is 2.69. The third kappa shape index (κ3) is 7.07. The molecule has 0 aliphatic carbocycles. The maximum atomic E-state index is 14.4. The monoisotopic (exact) mass is 359 g/mol. The number of halogens is 1. The Bertz CT molecular complexity index is 533. The first kappa shape index (κ1) is 20.7. The van der Waals surface area contributed by atoms with E-state index in [-0.39, 0.29) is 19.8 Å². The second-order valence-electron chi connectivity index (χ2n) is 6.26. The van der Waals surface area contributed by atoms with Gasteiger partial charge >= 0.3 is 5.97 Å². The summed E-state index contributed by atoms with van der Waals surface area (Å²) in [6.45, 7) is 7.14. The summed E-state index contributed by atoms with van der Waals surface area (Å²) in [5.74, 6) is -0.982. The van der Waals surface area contributed by atoms with Gasteiger partial charge in [-0.3, -0.25) is 0 Å².